The number of carbonyl (C=O) groups excluding carboxylic acids is 1. The molecule has 0 aliphatic rings. The minimum absolute atomic E-state index is 0.0206. The second-order valence-electron chi connectivity index (χ2n) is 7.36. The maximum atomic E-state index is 13.1. The van der Waals surface area contributed by atoms with Crippen LogP contribution >= 0.6 is 23.1 Å². The van der Waals surface area contributed by atoms with Gasteiger partial charge < -0.3 is 10.6 Å². The molecule has 0 radical (unpaired) electrons. The molecule has 0 aliphatic carbocycles. The van der Waals surface area contributed by atoms with Gasteiger partial charge in [0.25, 0.3) is 5.56 Å². The van der Waals surface area contributed by atoms with Gasteiger partial charge in [-0.1, -0.05) is 72.4 Å². The Morgan fingerprint density at radius 3 is 2.47 bits per heavy atom. The lowest BCUT2D eigenvalue weighted by atomic mass is 10.2. The molecule has 0 atom stereocenters. The standard InChI is InChI=1S/C24H23N5O3S2/c1-2-28(19(30)15-34-24-26-18(14-33-24)17-11-7-4-8-12-17)20-21(25)29(23(32)27-22(20)31)13-16-9-5-3-6-10-16/h3-12,14H,2,13,15,25H2,1H3,(H,27,31,32). The van der Waals surface area contributed by atoms with E-state index in [1.54, 1.807) is 6.92 Å². The first-order valence-electron chi connectivity index (χ1n) is 10.6. The van der Waals surface area contributed by atoms with E-state index in [2.05, 4.69) is 9.97 Å². The van der Waals surface area contributed by atoms with E-state index in [0.717, 1.165) is 21.2 Å². The van der Waals surface area contributed by atoms with E-state index in [-0.39, 0.29) is 36.3 Å². The van der Waals surface area contributed by atoms with Crippen molar-refractivity contribution in [2.45, 2.75) is 17.8 Å². The number of amides is 1. The zero-order valence-electron chi connectivity index (χ0n) is 18.4. The summed E-state index contributed by atoms with van der Waals surface area (Å²) >= 11 is 2.76. The van der Waals surface area contributed by atoms with Crippen molar-refractivity contribution in [3.8, 4) is 11.3 Å². The minimum atomic E-state index is -0.687. The number of hydrogen-bond donors (Lipinski definition) is 2. The van der Waals surface area contributed by atoms with E-state index in [1.165, 1.54) is 32.6 Å². The van der Waals surface area contributed by atoms with Gasteiger partial charge in [-0.15, -0.1) is 11.3 Å². The van der Waals surface area contributed by atoms with Gasteiger partial charge in [0.05, 0.1) is 18.0 Å². The molecule has 8 nitrogen and oxygen atoms in total. The van der Waals surface area contributed by atoms with E-state index < -0.39 is 11.2 Å². The predicted octanol–water partition coefficient (Wildman–Crippen LogP) is 3.44. The second-order valence-corrected chi connectivity index (χ2v) is 9.44. The van der Waals surface area contributed by atoms with Crippen LogP contribution in [0.4, 0.5) is 11.5 Å². The molecule has 4 rings (SSSR count). The van der Waals surface area contributed by atoms with Crippen LogP contribution < -0.4 is 21.9 Å². The molecule has 0 bridgehead atoms. The zero-order chi connectivity index (χ0) is 24.1. The monoisotopic (exact) mass is 493 g/mol. The number of nitrogens with two attached hydrogens (primary N) is 1. The van der Waals surface area contributed by atoms with Crippen molar-refractivity contribution in [2.24, 2.45) is 0 Å². The Labute approximate surface area is 204 Å². The summed E-state index contributed by atoms with van der Waals surface area (Å²) in [6, 6.07) is 19.1. The van der Waals surface area contributed by atoms with Gasteiger partial charge in [-0.25, -0.2) is 9.78 Å². The summed E-state index contributed by atoms with van der Waals surface area (Å²) in [5.74, 6) is -0.267. The predicted molar refractivity (Wildman–Crippen MR) is 138 cm³/mol. The Kier molecular flexibility index (Phi) is 7.29. The van der Waals surface area contributed by atoms with E-state index in [1.807, 2.05) is 66.0 Å². The Morgan fingerprint density at radius 1 is 1.12 bits per heavy atom. The van der Waals surface area contributed by atoms with Crippen molar-refractivity contribution in [3.63, 3.8) is 0 Å². The van der Waals surface area contributed by atoms with E-state index in [0.29, 0.717) is 0 Å². The van der Waals surface area contributed by atoms with Crippen molar-refractivity contribution >= 4 is 40.5 Å². The summed E-state index contributed by atoms with van der Waals surface area (Å²) in [5, 5.41) is 1.95. The van der Waals surface area contributed by atoms with Crippen LogP contribution in [0, 0.1) is 0 Å². The molecule has 0 unspecified atom stereocenters. The molecule has 0 saturated carbocycles. The van der Waals surface area contributed by atoms with Crippen LogP contribution in [0.5, 0.6) is 0 Å². The second kappa shape index (κ2) is 10.5. The third kappa shape index (κ3) is 5.13. The summed E-state index contributed by atoms with van der Waals surface area (Å²) in [5.41, 5.74) is 7.62. The number of hydrogen-bond acceptors (Lipinski definition) is 7. The van der Waals surface area contributed by atoms with Gasteiger partial charge in [-0.2, -0.15) is 0 Å². The highest BCUT2D eigenvalue weighted by Gasteiger charge is 2.23. The Hall–Kier alpha value is -3.63. The summed E-state index contributed by atoms with van der Waals surface area (Å²) in [6.45, 7) is 2.16. The maximum absolute atomic E-state index is 13.1. The normalized spacial score (nSPS) is 10.9. The molecular weight excluding hydrogens is 470 g/mol. The first-order valence-corrected chi connectivity index (χ1v) is 12.4. The van der Waals surface area contributed by atoms with Crippen LogP contribution in [0.2, 0.25) is 0 Å². The fourth-order valence-electron chi connectivity index (χ4n) is 3.49. The fourth-order valence-corrected chi connectivity index (χ4v) is 5.20. The van der Waals surface area contributed by atoms with Gasteiger partial charge >= 0.3 is 5.69 Å². The lowest BCUT2D eigenvalue weighted by Crippen LogP contribution is -2.41. The number of H-pyrrole nitrogens is 1. The molecule has 0 fully saturated rings. The fraction of sp³-hybridized carbons (Fsp3) is 0.167. The van der Waals surface area contributed by atoms with Gasteiger partial charge in [0.2, 0.25) is 5.91 Å². The molecule has 2 aromatic heterocycles. The molecule has 174 valence electrons. The molecule has 2 heterocycles. The molecule has 34 heavy (non-hydrogen) atoms. The summed E-state index contributed by atoms with van der Waals surface area (Å²) in [4.78, 5) is 46.4. The Bertz CT molecular complexity index is 1400. The number of thioether (sulfide) groups is 1. The SMILES string of the molecule is CCN(C(=O)CSc1nc(-c2ccccc2)cs1)c1c(N)n(Cc2ccccc2)c(=O)[nH]c1=O. The number of benzene rings is 2. The first-order chi connectivity index (χ1) is 16.5. The van der Waals surface area contributed by atoms with Crippen molar-refractivity contribution < 1.29 is 4.79 Å². The quantitative estimate of drug-likeness (QED) is 0.364. The van der Waals surface area contributed by atoms with Crippen molar-refractivity contribution in [1.82, 2.24) is 14.5 Å². The Morgan fingerprint density at radius 2 is 1.79 bits per heavy atom. The van der Waals surface area contributed by atoms with Crippen LogP contribution in [0.3, 0.4) is 0 Å². The Balaban J connectivity index is 1.54. The lowest BCUT2D eigenvalue weighted by molar-refractivity contribution is -0.116. The van der Waals surface area contributed by atoms with Crippen LogP contribution in [-0.4, -0.2) is 32.7 Å². The average Bonchev–Trinajstić information content (AvgIpc) is 3.33. The maximum Gasteiger partial charge on any atom is 0.330 e. The van der Waals surface area contributed by atoms with Gasteiger partial charge in [0.15, 0.2) is 10.0 Å². The number of carbonyl (C=O) groups is 1. The van der Waals surface area contributed by atoms with Crippen molar-refractivity contribution in [2.75, 3.05) is 22.9 Å². The van der Waals surface area contributed by atoms with Crippen LogP contribution in [0.15, 0.2) is 80.0 Å². The number of nitrogens with zero attached hydrogens (tertiary/aromatic N) is 3. The molecule has 10 heteroatoms. The van der Waals surface area contributed by atoms with Crippen LogP contribution in [0.25, 0.3) is 11.3 Å². The van der Waals surface area contributed by atoms with Crippen LogP contribution in [0.1, 0.15) is 12.5 Å². The number of nitrogen functional groups attached to an aromatic ring is 1. The summed E-state index contributed by atoms with van der Waals surface area (Å²) < 4.78 is 2.02. The highest BCUT2D eigenvalue weighted by atomic mass is 32.2. The minimum Gasteiger partial charge on any atom is -0.383 e. The smallest absolute Gasteiger partial charge is 0.330 e. The van der Waals surface area contributed by atoms with Gasteiger partial charge in [-0.05, 0) is 12.5 Å². The van der Waals surface area contributed by atoms with E-state index in [9.17, 15) is 14.4 Å². The van der Waals surface area contributed by atoms with Crippen molar-refractivity contribution in [3.05, 3.63) is 92.4 Å². The van der Waals surface area contributed by atoms with Gasteiger partial charge in [0.1, 0.15) is 5.82 Å². The number of nitrogens with one attached hydrogen (secondary N) is 1. The molecule has 0 spiro atoms. The first kappa shape index (κ1) is 23.5. The number of thiazole rings is 1. The van der Waals surface area contributed by atoms with E-state index in [4.69, 9.17) is 5.73 Å². The highest BCUT2D eigenvalue weighted by molar-refractivity contribution is 8.01. The number of aromatic amines is 1. The summed E-state index contributed by atoms with van der Waals surface area (Å²) in [6.07, 6.45) is 0. The number of aromatic nitrogens is 3. The summed E-state index contributed by atoms with van der Waals surface area (Å²) in [7, 11) is 0. The molecular formula is C24H23N5O3S2. The molecule has 0 saturated heterocycles. The average molecular weight is 494 g/mol. The molecule has 3 N–H and O–H groups in total. The number of anilines is 2. The van der Waals surface area contributed by atoms with E-state index >= 15 is 0 Å². The third-order valence-electron chi connectivity index (χ3n) is 5.16. The molecule has 2 aromatic carbocycles. The lowest BCUT2D eigenvalue weighted by Gasteiger charge is -2.23. The van der Waals surface area contributed by atoms with Crippen LogP contribution in [-0.2, 0) is 11.3 Å². The van der Waals surface area contributed by atoms with Gasteiger partial charge in [-0.3, -0.25) is 19.1 Å². The highest BCUT2D eigenvalue weighted by Crippen LogP contribution is 2.29. The largest absolute Gasteiger partial charge is 0.383 e. The third-order valence-corrected chi connectivity index (χ3v) is 7.16. The molecule has 4 aromatic rings. The van der Waals surface area contributed by atoms with Crippen molar-refractivity contribution in [1.29, 1.82) is 0 Å². The molecule has 1 amide bonds. The topological polar surface area (TPSA) is 114 Å². The zero-order valence-corrected chi connectivity index (χ0v) is 20.1. The van der Waals surface area contributed by atoms with Gasteiger partial charge in [0, 0.05) is 17.5 Å². The number of rotatable bonds is 8. The molecule has 0 aliphatic heterocycles.